The predicted octanol–water partition coefficient (Wildman–Crippen LogP) is 2.92. The number of carbonyl (C=O) groups excluding carboxylic acids is 1. The van der Waals surface area contributed by atoms with Crippen molar-refractivity contribution in [2.24, 2.45) is 0 Å². The lowest BCUT2D eigenvalue weighted by Gasteiger charge is -2.28. The van der Waals surface area contributed by atoms with Crippen LogP contribution in [0.5, 0.6) is 0 Å². The molecule has 1 aliphatic rings. The smallest absolute Gasteiger partial charge is 0.273 e. The molecule has 0 aromatic carbocycles. The Balaban J connectivity index is 2.13. The molecular weight excluding hydrogens is 288 g/mol. The van der Waals surface area contributed by atoms with Crippen molar-refractivity contribution in [3.8, 4) is 0 Å². The Kier molecular flexibility index (Phi) is 4.35. The highest BCUT2D eigenvalue weighted by Gasteiger charge is 2.26. The molecule has 16 heavy (non-hydrogen) atoms. The van der Waals surface area contributed by atoms with E-state index >= 15 is 0 Å². The van der Waals surface area contributed by atoms with Gasteiger partial charge in [-0.3, -0.25) is 4.79 Å². The first-order chi connectivity index (χ1) is 7.83. The molecule has 0 aliphatic carbocycles. The molecule has 2 rings (SSSR count). The van der Waals surface area contributed by atoms with E-state index in [4.69, 9.17) is 0 Å². The lowest BCUT2D eigenvalue weighted by Crippen LogP contribution is -2.41. The van der Waals surface area contributed by atoms with Crippen molar-refractivity contribution >= 4 is 33.2 Å². The summed E-state index contributed by atoms with van der Waals surface area (Å²) in [6.07, 6.45) is 4.65. The van der Waals surface area contributed by atoms with Crippen molar-refractivity contribution in [3.05, 3.63) is 16.6 Å². The molecule has 0 spiro atoms. The summed E-state index contributed by atoms with van der Waals surface area (Å²) < 4.78 is 0. The van der Waals surface area contributed by atoms with Crippen LogP contribution < -0.4 is 0 Å². The van der Waals surface area contributed by atoms with Crippen LogP contribution >= 0.6 is 27.3 Å². The van der Waals surface area contributed by atoms with Crippen LogP contribution in [0.25, 0.3) is 0 Å². The van der Waals surface area contributed by atoms with Crippen molar-refractivity contribution in [2.75, 3.05) is 11.9 Å². The first kappa shape index (κ1) is 12.0. The lowest BCUT2D eigenvalue weighted by molar-refractivity contribution is 0.0697. The molecule has 1 saturated heterocycles. The van der Waals surface area contributed by atoms with Gasteiger partial charge in [0.1, 0.15) is 5.69 Å². The van der Waals surface area contributed by atoms with Gasteiger partial charge < -0.3 is 4.90 Å². The summed E-state index contributed by atoms with van der Waals surface area (Å²) in [7, 11) is 0. The standard InChI is InChI=1S/C11H15BrN2OS/c12-6-9-4-2-1-3-5-14(9)11(15)10-7-16-8-13-10/h7-9H,1-6H2. The fraction of sp³-hybridized carbons (Fsp3) is 0.636. The van der Waals surface area contributed by atoms with E-state index in [0.29, 0.717) is 11.7 Å². The minimum Gasteiger partial charge on any atom is -0.333 e. The highest BCUT2D eigenvalue weighted by Crippen LogP contribution is 2.20. The van der Waals surface area contributed by atoms with Crippen molar-refractivity contribution in [2.45, 2.75) is 31.7 Å². The van der Waals surface area contributed by atoms with Gasteiger partial charge in [-0.2, -0.15) is 0 Å². The quantitative estimate of drug-likeness (QED) is 0.787. The van der Waals surface area contributed by atoms with Gasteiger partial charge in [-0.05, 0) is 12.8 Å². The molecule has 1 aromatic heterocycles. The number of aromatic nitrogens is 1. The number of rotatable bonds is 2. The first-order valence-electron chi connectivity index (χ1n) is 5.58. The molecule has 0 saturated carbocycles. The Hall–Kier alpha value is -0.420. The number of hydrogen-bond donors (Lipinski definition) is 0. The highest BCUT2D eigenvalue weighted by molar-refractivity contribution is 9.09. The molecular formula is C11H15BrN2OS. The molecule has 0 radical (unpaired) electrons. The molecule has 88 valence electrons. The summed E-state index contributed by atoms with van der Waals surface area (Å²) in [6.45, 7) is 0.868. The third-order valence-corrected chi connectivity index (χ3v) is 4.30. The second kappa shape index (κ2) is 5.77. The van der Waals surface area contributed by atoms with Crippen molar-refractivity contribution < 1.29 is 4.79 Å². The van der Waals surface area contributed by atoms with E-state index in [1.807, 2.05) is 10.3 Å². The zero-order chi connectivity index (χ0) is 11.4. The van der Waals surface area contributed by atoms with Crippen molar-refractivity contribution in [1.29, 1.82) is 0 Å². The van der Waals surface area contributed by atoms with Gasteiger partial charge in [-0.25, -0.2) is 4.98 Å². The Morgan fingerprint density at radius 2 is 2.44 bits per heavy atom. The van der Waals surface area contributed by atoms with Crippen LogP contribution in [0, 0.1) is 0 Å². The molecule has 0 bridgehead atoms. The number of halogens is 1. The van der Waals surface area contributed by atoms with E-state index in [2.05, 4.69) is 20.9 Å². The second-order valence-corrected chi connectivity index (χ2v) is 5.40. The number of carbonyl (C=O) groups is 1. The van der Waals surface area contributed by atoms with Crippen molar-refractivity contribution in [3.63, 3.8) is 0 Å². The maximum Gasteiger partial charge on any atom is 0.273 e. The number of nitrogens with zero attached hydrogens (tertiary/aromatic N) is 2. The Labute approximate surface area is 108 Å². The van der Waals surface area contributed by atoms with Gasteiger partial charge in [0.25, 0.3) is 5.91 Å². The minimum atomic E-state index is 0.0904. The molecule has 1 fully saturated rings. The van der Waals surface area contributed by atoms with Crippen LogP contribution in [-0.2, 0) is 0 Å². The Bertz CT molecular complexity index is 342. The molecule has 3 nitrogen and oxygen atoms in total. The average molecular weight is 303 g/mol. The molecule has 2 heterocycles. The SMILES string of the molecule is O=C(c1cscn1)N1CCCCCC1CBr. The predicted molar refractivity (Wildman–Crippen MR) is 69.2 cm³/mol. The number of amides is 1. The molecule has 1 unspecified atom stereocenters. The number of hydrogen-bond acceptors (Lipinski definition) is 3. The Morgan fingerprint density at radius 3 is 3.12 bits per heavy atom. The molecule has 0 N–H and O–H groups in total. The van der Waals surface area contributed by atoms with Gasteiger partial charge in [0.15, 0.2) is 0 Å². The van der Waals surface area contributed by atoms with Gasteiger partial charge >= 0.3 is 0 Å². The molecule has 1 atom stereocenters. The monoisotopic (exact) mass is 302 g/mol. The first-order valence-corrected chi connectivity index (χ1v) is 7.64. The molecule has 1 aromatic rings. The van der Waals surface area contributed by atoms with E-state index in [1.54, 1.807) is 5.51 Å². The number of thiazole rings is 1. The number of likely N-dealkylation sites (tertiary alicyclic amines) is 1. The molecule has 1 aliphatic heterocycles. The summed E-state index contributed by atoms with van der Waals surface area (Å²) in [6, 6.07) is 0.330. The Morgan fingerprint density at radius 1 is 1.56 bits per heavy atom. The van der Waals surface area contributed by atoms with E-state index in [0.717, 1.165) is 24.7 Å². The van der Waals surface area contributed by atoms with E-state index < -0.39 is 0 Å². The third kappa shape index (κ3) is 2.63. The van der Waals surface area contributed by atoms with Gasteiger partial charge in [0.05, 0.1) is 5.51 Å². The van der Waals surface area contributed by atoms with Gasteiger partial charge in [0, 0.05) is 23.3 Å². The zero-order valence-corrected chi connectivity index (χ0v) is 11.5. The van der Waals surface area contributed by atoms with E-state index in [-0.39, 0.29) is 5.91 Å². The van der Waals surface area contributed by atoms with Crippen molar-refractivity contribution in [1.82, 2.24) is 9.88 Å². The van der Waals surface area contributed by atoms with Gasteiger partial charge in [-0.1, -0.05) is 28.8 Å². The lowest BCUT2D eigenvalue weighted by atomic mass is 10.1. The third-order valence-electron chi connectivity index (χ3n) is 2.97. The summed E-state index contributed by atoms with van der Waals surface area (Å²) in [5.41, 5.74) is 2.31. The van der Waals surface area contributed by atoms with Crippen LogP contribution in [0.2, 0.25) is 0 Å². The number of alkyl halides is 1. The molecule has 1 amide bonds. The average Bonchev–Trinajstić information content (AvgIpc) is 2.73. The summed E-state index contributed by atoms with van der Waals surface area (Å²) >= 11 is 4.98. The van der Waals surface area contributed by atoms with E-state index in [1.165, 1.54) is 24.2 Å². The summed E-state index contributed by atoms with van der Waals surface area (Å²) in [5.74, 6) is 0.0904. The largest absolute Gasteiger partial charge is 0.333 e. The van der Waals surface area contributed by atoms with Crippen LogP contribution in [0.15, 0.2) is 10.9 Å². The van der Waals surface area contributed by atoms with Crippen LogP contribution in [0.1, 0.15) is 36.2 Å². The van der Waals surface area contributed by atoms with E-state index in [9.17, 15) is 4.79 Å². The molecule has 5 heteroatoms. The zero-order valence-electron chi connectivity index (χ0n) is 9.06. The highest BCUT2D eigenvalue weighted by atomic mass is 79.9. The van der Waals surface area contributed by atoms with Crippen LogP contribution in [0.4, 0.5) is 0 Å². The van der Waals surface area contributed by atoms with Gasteiger partial charge in [0.2, 0.25) is 0 Å². The maximum atomic E-state index is 12.2. The summed E-state index contributed by atoms with van der Waals surface area (Å²) in [5, 5.41) is 2.70. The fourth-order valence-corrected chi connectivity index (χ4v) is 3.27. The maximum absolute atomic E-state index is 12.2. The normalized spacial score (nSPS) is 21.8. The topological polar surface area (TPSA) is 33.2 Å². The minimum absolute atomic E-state index is 0.0904. The van der Waals surface area contributed by atoms with Crippen LogP contribution in [-0.4, -0.2) is 33.7 Å². The summed E-state index contributed by atoms with van der Waals surface area (Å²) in [4.78, 5) is 18.3. The van der Waals surface area contributed by atoms with Crippen LogP contribution in [0.3, 0.4) is 0 Å². The van der Waals surface area contributed by atoms with Gasteiger partial charge in [-0.15, -0.1) is 11.3 Å². The fourth-order valence-electron chi connectivity index (χ4n) is 2.07. The second-order valence-electron chi connectivity index (χ2n) is 4.03.